The lowest BCUT2D eigenvalue weighted by molar-refractivity contribution is 0.249. The number of rotatable bonds is 9. The molecule has 152 valence electrons. The average molecular weight is 381 g/mol. The second-order valence-electron chi connectivity index (χ2n) is 8.79. The zero-order chi connectivity index (χ0) is 19.8. The lowest BCUT2D eigenvalue weighted by atomic mass is 9.78. The van der Waals surface area contributed by atoms with Crippen LogP contribution in [0.3, 0.4) is 0 Å². The number of hydrogen-bond donors (Lipinski definition) is 0. The first-order chi connectivity index (χ1) is 13.7. The molecule has 0 bridgehead atoms. The summed E-state index contributed by atoms with van der Waals surface area (Å²) in [7, 11) is 0. The Labute approximate surface area is 171 Å². The molecule has 0 aliphatic heterocycles. The average Bonchev–Trinajstić information content (AvgIpc) is 2.73. The van der Waals surface area contributed by atoms with Gasteiger partial charge in [-0.2, -0.15) is 0 Å². The second kappa shape index (κ2) is 10.8. The van der Waals surface area contributed by atoms with Crippen LogP contribution in [0.1, 0.15) is 82.8 Å². The monoisotopic (exact) mass is 380 g/mol. The van der Waals surface area contributed by atoms with Gasteiger partial charge in [0.25, 0.3) is 0 Å². The van der Waals surface area contributed by atoms with Crippen LogP contribution in [0.5, 0.6) is 0 Å². The first kappa shape index (κ1) is 21.1. The second-order valence-corrected chi connectivity index (χ2v) is 8.79. The molecule has 1 heteroatoms. The fourth-order valence-corrected chi connectivity index (χ4v) is 4.73. The van der Waals surface area contributed by atoms with Crippen LogP contribution in [-0.4, -0.2) is 0 Å². The molecule has 0 N–H and O–H groups in total. The summed E-state index contributed by atoms with van der Waals surface area (Å²) in [6.45, 7) is 4.43. The molecule has 0 heterocycles. The normalized spacial score (nSPS) is 19.7. The lowest BCUT2D eigenvalue weighted by Gasteiger charge is -2.28. The fraction of sp³-hybridized carbons (Fsp3) is 0.556. The van der Waals surface area contributed by atoms with Gasteiger partial charge in [-0.1, -0.05) is 102 Å². The van der Waals surface area contributed by atoms with Gasteiger partial charge < -0.3 is 0 Å². The first-order valence-corrected chi connectivity index (χ1v) is 11.6. The van der Waals surface area contributed by atoms with Crippen molar-refractivity contribution < 1.29 is 4.39 Å². The van der Waals surface area contributed by atoms with E-state index in [4.69, 9.17) is 0 Å². The Morgan fingerprint density at radius 1 is 0.786 bits per heavy atom. The molecule has 0 unspecified atom stereocenters. The van der Waals surface area contributed by atoms with Crippen LogP contribution in [0.2, 0.25) is 0 Å². The Balaban J connectivity index is 1.48. The minimum absolute atomic E-state index is 0.0821. The van der Waals surface area contributed by atoms with E-state index in [0.29, 0.717) is 0 Å². The molecule has 3 rings (SSSR count). The molecule has 28 heavy (non-hydrogen) atoms. The Morgan fingerprint density at radius 3 is 2.04 bits per heavy atom. The van der Waals surface area contributed by atoms with E-state index in [1.807, 2.05) is 18.2 Å². The van der Waals surface area contributed by atoms with Crippen molar-refractivity contribution in [1.82, 2.24) is 0 Å². The molecule has 1 saturated carbocycles. The molecular weight excluding hydrogens is 343 g/mol. The Hall–Kier alpha value is -1.63. The van der Waals surface area contributed by atoms with E-state index in [1.54, 1.807) is 6.07 Å². The Morgan fingerprint density at radius 2 is 1.43 bits per heavy atom. The predicted molar refractivity (Wildman–Crippen MR) is 119 cm³/mol. The maximum absolute atomic E-state index is 14.7. The van der Waals surface area contributed by atoms with Gasteiger partial charge in [0.05, 0.1) is 0 Å². The maximum Gasteiger partial charge on any atom is 0.131 e. The SMILES string of the molecule is CCCCC[C@H]1CC[C@H](CCc2ccc(-c3ccc(CC)cc3)c(F)c2)CC1. The third-order valence-corrected chi connectivity index (χ3v) is 6.73. The number of unbranched alkanes of at least 4 members (excludes halogenated alkanes) is 2. The van der Waals surface area contributed by atoms with Crippen molar-refractivity contribution in [3.63, 3.8) is 0 Å². The molecule has 0 atom stereocenters. The highest BCUT2D eigenvalue weighted by Crippen LogP contribution is 2.34. The van der Waals surface area contributed by atoms with Crippen molar-refractivity contribution in [2.45, 2.75) is 84.5 Å². The minimum Gasteiger partial charge on any atom is -0.206 e. The van der Waals surface area contributed by atoms with E-state index < -0.39 is 0 Å². The van der Waals surface area contributed by atoms with Crippen LogP contribution >= 0.6 is 0 Å². The van der Waals surface area contributed by atoms with Gasteiger partial charge in [0.2, 0.25) is 0 Å². The van der Waals surface area contributed by atoms with Gasteiger partial charge in [-0.15, -0.1) is 0 Å². The van der Waals surface area contributed by atoms with Crippen LogP contribution < -0.4 is 0 Å². The maximum atomic E-state index is 14.7. The number of hydrogen-bond acceptors (Lipinski definition) is 0. The largest absolute Gasteiger partial charge is 0.206 e. The molecule has 0 saturated heterocycles. The van der Waals surface area contributed by atoms with E-state index in [1.165, 1.54) is 63.4 Å². The van der Waals surface area contributed by atoms with Crippen molar-refractivity contribution in [2.75, 3.05) is 0 Å². The van der Waals surface area contributed by atoms with Crippen LogP contribution in [-0.2, 0) is 12.8 Å². The fourth-order valence-electron chi connectivity index (χ4n) is 4.73. The van der Waals surface area contributed by atoms with Crippen molar-refractivity contribution in [2.24, 2.45) is 11.8 Å². The van der Waals surface area contributed by atoms with Crippen LogP contribution in [0.4, 0.5) is 4.39 Å². The van der Waals surface area contributed by atoms with Crippen molar-refractivity contribution in [3.8, 4) is 11.1 Å². The van der Waals surface area contributed by atoms with Crippen molar-refractivity contribution >= 4 is 0 Å². The number of aryl methyl sites for hydroxylation is 2. The standard InChI is InChI=1S/C27H37F/c1-3-5-6-7-22-8-10-23(11-9-22)12-13-24-16-19-26(27(28)20-24)25-17-14-21(4-2)15-18-25/h14-20,22-23H,3-13H2,1-2H3/t22-,23-. The van der Waals surface area contributed by atoms with E-state index in [9.17, 15) is 4.39 Å². The molecular formula is C27H37F. The van der Waals surface area contributed by atoms with Gasteiger partial charge in [0.1, 0.15) is 5.82 Å². The molecule has 0 aromatic heterocycles. The summed E-state index contributed by atoms with van der Waals surface area (Å²) in [6, 6.07) is 14.1. The number of halogens is 1. The summed E-state index contributed by atoms with van der Waals surface area (Å²) < 4.78 is 14.7. The molecule has 2 aromatic carbocycles. The number of benzene rings is 2. The van der Waals surface area contributed by atoms with Gasteiger partial charge in [-0.05, 0) is 53.9 Å². The molecule has 1 fully saturated rings. The third-order valence-electron chi connectivity index (χ3n) is 6.73. The third kappa shape index (κ3) is 5.93. The zero-order valence-electron chi connectivity index (χ0n) is 17.9. The molecule has 2 aromatic rings. The molecule has 0 radical (unpaired) electrons. The van der Waals surface area contributed by atoms with Gasteiger partial charge in [0, 0.05) is 5.56 Å². The summed E-state index contributed by atoms with van der Waals surface area (Å²) >= 11 is 0. The van der Waals surface area contributed by atoms with E-state index in [2.05, 4.69) is 32.0 Å². The Kier molecular flexibility index (Phi) is 8.13. The highest BCUT2D eigenvalue weighted by atomic mass is 19.1. The van der Waals surface area contributed by atoms with Gasteiger partial charge in [-0.25, -0.2) is 4.39 Å². The summed E-state index contributed by atoms with van der Waals surface area (Å²) in [5.41, 5.74) is 4.14. The summed E-state index contributed by atoms with van der Waals surface area (Å²) in [6.07, 6.45) is 14.4. The smallest absolute Gasteiger partial charge is 0.131 e. The van der Waals surface area contributed by atoms with E-state index in [0.717, 1.165) is 41.4 Å². The minimum atomic E-state index is -0.0821. The Bertz CT molecular complexity index is 708. The van der Waals surface area contributed by atoms with Crippen LogP contribution in [0.25, 0.3) is 11.1 Å². The summed E-state index contributed by atoms with van der Waals surface area (Å²) in [5, 5.41) is 0. The first-order valence-electron chi connectivity index (χ1n) is 11.6. The van der Waals surface area contributed by atoms with Crippen molar-refractivity contribution in [3.05, 3.63) is 59.4 Å². The van der Waals surface area contributed by atoms with E-state index >= 15 is 0 Å². The molecule has 0 spiro atoms. The van der Waals surface area contributed by atoms with Gasteiger partial charge >= 0.3 is 0 Å². The zero-order valence-corrected chi connectivity index (χ0v) is 17.9. The van der Waals surface area contributed by atoms with Gasteiger partial charge in [-0.3, -0.25) is 0 Å². The summed E-state index contributed by atoms with van der Waals surface area (Å²) in [5.74, 6) is 1.73. The summed E-state index contributed by atoms with van der Waals surface area (Å²) in [4.78, 5) is 0. The van der Waals surface area contributed by atoms with Crippen molar-refractivity contribution in [1.29, 1.82) is 0 Å². The van der Waals surface area contributed by atoms with Crippen LogP contribution in [0.15, 0.2) is 42.5 Å². The molecule has 1 aliphatic carbocycles. The van der Waals surface area contributed by atoms with Gasteiger partial charge in [0.15, 0.2) is 0 Å². The topological polar surface area (TPSA) is 0 Å². The quantitative estimate of drug-likeness (QED) is 0.383. The molecule has 1 aliphatic rings. The predicted octanol–water partition coefficient (Wildman–Crippen LogP) is 8.37. The highest BCUT2D eigenvalue weighted by Gasteiger charge is 2.20. The molecule has 0 nitrogen and oxygen atoms in total. The molecule has 0 amide bonds. The highest BCUT2D eigenvalue weighted by molar-refractivity contribution is 5.64. The van der Waals surface area contributed by atoms with E-state index in [-0.39, 0.29) is 5.82 Å². The van der Waals surface area contributed by atoms with Crippen LogP contribution in [0, 0.1) is 17.7 Å². The lowest BCUT2D eigenvalue weighted by Crippen LogP contribution is -2.15.